The van der Waals surface area contributed by atoms with Gasteiger partial charge in [0.05, 0.1) is 0 Å². The van der Waals surface area contributed by atoms with Gasteiger partial charge < -0.3 is 25.6 Å². The lowest BCUT2D eigenvalue weighted by atomic mass is 10.1. The smallest absolute Gasteiger partial charge is 0.274 e. The molecule has 0 aliphatic heterocycles. The van der Waals surface area contributed by atoms with Gasteiger partial charge in [0.2, 0.25) is 0 Å². The van der Waals surface area contributed by atoms with E-state index >= 15 is 0 Å². The average Bonchev–Trinajstić information content (AvgIpc) is 3.40. The van der Waals surface area contributed by atoms with E-state index < -0.39 is 0 Å². The molecule has 1 aromatic heterocycles. The van der Waals surface area contributed by atoms with E-state index in [9.17, 15) is 9.59 Å². The molecule has 0 saturated carbocycles. The molecule has 7 nitrogen and oxygen atoms in total. The standard InChI is InChI=1S/C27H26N4O3/c1-31(27(34)25-3-2-17-28-25)24-14-12-22(13-15-24)29-21-8-10-23(11-9-21)30-26(33)20-6-4-19(5-7-20)16-18-32/h2-15,17,28-29,32H,16,18H2,1H3,(H,30,33). The van der Waals surface area contributed by atoms with Crippen LogP contribution < -0.4 is 15.5 Å². The van der Waals surface area contributed by atoms with Gasteiger partial charge in [-0.3, -0.25) is 9.59 Å². The summed E-state index contributed by atoms with van der Waals surface area (Å²) in [6.45, 7) is 0.0842. The highest BCUT2D eigenvalue weighted by Gasteiger charge is 2.14. The van der Waals surface area contributed by atoms with Gasteiger partial charge in [-0.05, 0) is 84.8 Å². The van der Waals surface area contributed by atoms with E-state index in [0.717, 1.165) is 22.6 Å². The Morgan fingerprint density at radius 3 is 2.06 bits per heavy atom. The van der Waals surface area contributed by atoms with Crippen LogP contribution in [0.5, 0.6) is 0 Å². The van der Waals surface area contributed by atoms with Crippen LogP contribution in [0.25, 0.3) is 0 Å². The zero-order chi connectivity index (χ0) is 23.9. The molecule has 0 atom stereocenters. The summed E-state index contributed by atoms with van der Waals surface area (Å²) in [6.07, 6.45) is 2.29. The van der Waals surface area contributed by atoms with E-state index in [1.165, 1.54) is 0 Å². The van der Waals surface area contributed by atoms with Crippen molar-refractivity contribution >= 4 is 34.6 Å². The van der Waals surface area contributed by atoms with Crippen LogP contribution in [0.2, 0.25) is 0 Å². The number of aromatic amines is 1. The lowest BCUT2D eigenvalue weighted by Gasteiger charge is -2.17. The van der Waals surface area contributed by atoms with Crippen LogP contribution in [0, 0.1) is 0 Å². The maximum atomic E-state index is 12.5. The minimum absolute atomic E-state index is 0.0842. The first-order valence-electron chi connectivity index (χ1n) is 10.9. The monoisotopic (exact) mass is 454 g/mol. The first-order chi connectivity index (χ1) is 16.5. The molecule has 7 heteroatoms. The van der Waals surface area contributed by atoms with Crippen LogP contribution in [0.15, 0.2) is 91.1 Å². The number of rotatable bonds is 8. The van der Waals surface area contributed by atoms with Crippen molar-refractivity contribution < 1.29 is 14.7 Å². The van der Waals surface area contributed by atoms with E-state index in [4.69, 9.17) is 5.11 Å². The molecule has 0 aliphatic rings. The summed E-state index contributed by atoms with van der Waals surface area (Å²) in [6, 6.07) is 25.7. The number of carbonyl (C=O) groups is 2. The molecule has 4 N–H and O–H groups in total. The summed E-state index contributed by atoms with van der Waals surface area (Å²) in [5.41, 5.74) is 5.31. The molecular weight excluding hydrogens is 428 g/mol. The van der Waals surface area contributed by atoms with Crippen LogP contribution in [-0.2, 0) is 6.42 Å². The Morgan fingerprint density at radius 1 is 0.853 bits per heavy atom. The van der Waals surface area contributed by atoms with Gasteiger partial charge >= 0.3 is 0 Å². The zero-order valence-corrected chi connectivity index (χ0v) is 18.8. The molecule has 0 aliphatic carbocycles. The second-order valence-electron chi connectivity index (χ2n) is 7.82. The van der Waals surface area contributed by atoms with Crippen molar-refractivity contribution in [3.63, 3.8) is 0 Å². The highest BCUT2D eigenvalue weighted by Crippen LogP contribution is 2.23. The van der Waals surface area contributed by atoms with Gasteiger partial charge in [-0.25, -0.2) is 0 Å². The Kier molecular flexibility index (Phi) is 7.05. The number of hydrogen-bond acceptors (Lipinski definition) is 4. The number of aliphatic hydroxyl groups is 1. The predicted molar refractivity (Wildman–Crippen MR) is 135 cm³/mol. The summed E-state index contributed by atoms with van der Waals surface area (Å²) < 4.78 is 0. The first-order valence-corrected chi connectivity index (χ1v) is 10.9. The van der Waals surface area contributed by atoms with Gasteiger partial charge in [0.15, 0.2) is 0 Å². The van der Waals surface area contributed by atoms with Crippen LogP contribution in [-0.4, -0.2) is 35.6 Å². The van der Waals surface area contributed by atoms with Gasteiger partial charge in [-0.15, -0.1) is 0 Å². The second kappa shape index (κ2) is 10.5. The molecule has 0 spiro atoms. The number of hydrogen-bond donors (Lipinski definition) is 4. The van der Waals surface area contributed by atoms with Gasteiger partial charge in [-0.2, -0.15) is 0 Å². The first kappa shape index (κ1) is 22.8. The Bertz CT molecular complexity index is 1230. The van der Waals surface area contributed by atoms with Crippen molar-refractivity contribution in [2.45, 2.75) is 6.42 Å². The molecule has 0 saturated heterocycles. The minimum atomic E-state index is -0.190. The highest BCUT2D eigenvalue weighted by atomic mass is 16.3. The fraction of sp³-hybridized carbons (Fsp3) is 0.111. The molecule has 34 heavy (non-hydrogen) atoms. The number of nitrogens with zero attached hydrogens (tertiary/aromatic N) is 1. The van der Waals surface area contributed by atoms with E-state index in [2.05, 4.69) is 15.6 Å². The number of carbonyl (C=O) groups excluding carboxylic acids is 2. The van der Waals surface area contributed by atoms with Gasteiger partial charge in [-0.1, -0.05) is 12.1 Å². The van der Waals surface area contributed by atoms with Crippen molar-refractivity contribution in [3.8, 4) is 0 Å². The maximum absolute atomic E-state index is 12.5. The molecule has 172 valence electrons. The maximum Gasteiger partial charge on any atom is 0.274 e. The van der Waals surface area contributed by atoms with E-state index in [1.54, 1.807) is 42.4 Å². The van der Waals surface area contributed by atoms with Crippen LogP contribution in [0.1, 0.15) is 26.4 Å². The Hall–Kier alpha value is -4.36. The van der Waals surface area contributed by atoms with E-state index in [-0.39, 0.29) is 18.4 Å². The normalized spacial score (nSPS) is 10.5. The van der Waals surface area contributed by atoms with Crippen molar-refractivity contribution in [2.75, 3.05) is 29.2 Å². The van der Waals surface area contributed by atoms with Crippen molar-refractivity contribution in [1.82, 2.24) is 4.98 Å². The summed E-state index contributed by atoms with van der Waals surface area (Å²) in [7, 11) is 1.74. The molecule has 0 unspecified atom stereocenters. The number of nitrogens with one attached hydrogen (secondary N) is 3. The number of aromatic nitrogens is 1. The van der Waals surface area contributed by atoms with Crippen molar-refractivity contribution in [2.24, 2.45) is 0 Å². The lowest BCUT2D eigenvalue weighted by molar-refractivity contribution is 0.0987. The average molecular weight is 455 g/mol. The molecule has 2 amide bonds. The number of aliphatic hydroxyl groups excluding tert-OH is 1. The SMILES string of the molecule is CN(C(=O)c1ccc[nH]1)c1ccc(Nc2ccc(NC(=O)c3ccc(CCO)cc3)cc2)cc1. The minimum Gasteiger partial charge on any atom is -0.396 e. The van der Waals surface area contributed by atoms with E-state index in [1.807, 2.05) is 60.7 Å². The third-order valence-corrected chi connectivity index (χ3v) is 5.44. The summed E-state index contributed by atoms with van der Waals surface area (Å²) in [5, 5.41) is 15.2. The number of benzene rings is 3. The number of anilines is 4. The third-order valence-electron chi connectivity index (χ3n) is 5.44. The number of amides is 2. The molecule has 0 radical (unpaired) electrons. The highest BCUT2D eigenvalue weighted by molar-refractivity contribution is 6.05. The molecule has 0 bridgehead atoms. The van der Waals surface area contributed by atoms with Crippen molar-refractivity contribution in [1.29, 1.82) is 0 Å². The van der Waals surface area contributed by atoms with E-state index in [0.29, 0.717) is 23.4 Å². The van der Waals surface area contributed by atoms with Gasteiger partial charge in [0.25, 0.3) is 11.8 Å². The summed E-state index contributed by atoms with van der Waals surface area (Å²) >= 11 is 0. The predicted octanol–water partition coefficient (Wildman–Crippen LogP) is 4.82. The molecule has 1 heterocycles. The fourth-order valence-electron chi connectivity index (χ4n) is 3.49. The quantitative estimate of drug-likeness (QED) is 0.307. The van der Waals surface area contributed by atoms with Crippen LogP contribution in [0.4, 0.5) is 22.7 Å². The summed E-state index contributed by atoms with van der Waals surface area (Å²) in [4.78, 5) is 29.4. The molecule has 4 aromatic rings. The lowest BCUT2D eigenvalue weighted by Crippen LogP contribution is -2.26. The third kappa shape index (κ3) is 5.51. The Balaban J connectivity index is 1.34. The van der Waals surface area contributed by atoms with Crippen molar-refractivity contribution in [3.05, 3.63) is 108 Å². The second-order valence-corrected chi connectivity index (χ2v) is 7.82. The topological polar surface area (TPSA) is 97.5 Å². The Morgan fingerprint density at radius 2 is 1.47 bits per heavy atom. The fourth-order valence-corrected chi connectivity index (χ4v) is 3.49. The van der Waals surface area contributed by atoms with Crippen LogP contribution >= 0.6 is 0 Å². The van der Waals surface area contributed by atoms with Gasteiger partial charge in [0.1, 0.15) is 5.69 Å². The molecule has 3 aromatic carbocycles. The molecule has 4 rings (SSSR count). The molecular formula is C27H26N4O3. The molecule has 0 fully saturated rings. The zero-order valence-electron chi connectivity index (χ0n) is 18.8. The number of H-pyrrole nitrogens is 1. The summed E-state index contributed by atoms with van der Waals surface area (Å²) in [5.74, 6) is -0.297. The largest absolute Gasteiger partial charge is 0.396 e. The Labute approximate surface area is 198 Å². The van der Waals surface area contributed by atoms with Gasteiger partial charge in [0, 0.05) is 48.2 Å². The van der Waals surface area contributed by atoms with Crippen LogP contribution in [0.3, 0.4) is 0 Å².